The molecule has 2 aromatic rings. The van der Waals surface area contributed by atoms with Gasteiger partial charge in [-0.05, 0) is 35.9 Å². The van der Waals surface area contributed by atoms with E-state index in [0.717, 1.165) is 18.2 Å². The molecule has 0 fully saturated rings. The van der Waals surface area contributed by atoms with Crippen molar-refractivity contribution >= 4 is 11.4 Å². The van der Waals surface area contributed by atoms with Crippen molar-refractivity contribution in [1.82, 2.24) is 0 Å². The van der Waals surface area contributed by atoms with E-state index in [1.807, 2.05) is 0 Å². The molecule has 21 heavy (non-hydrogen) atoms. The number of hydrogen-bond donors (Lipinski definition) is 2. The minimum atomic E-state index is -4.56. The van der Waals surface area contributed by atoms with Crippen LogP contribution in [-0.4, -0.2) is 0 Å². The van der Waals surface area contributed by atoms with E-state index in [1.165, 1.54) is 18.2 Å². The van der Waals surface area contributed by atoms with Crippen molar-refractivity contribution in [3.63, 3.8) is 0 Å². The highest BCUT2D eigenvalue weighted by molar-refractivity contribution is 5.59. The third-order valence-corrected chi connectivity index (χ3v) is 2.82. The van der Waals surface area contributed by atoms with E-state index in [9.17, 15) is 22.0 Å². The highest BCUT2D eigenvalue weighted by Crippen LogP contribution is 2.36. The highest BCUT2D eigenvalue weighted by Gasteiger charge is 2.33. The SMILES string of the molecule is Nc1ccc(NCc2ccc(F)c(F)c2)c(C(F)(F)F)c1. The molecular formula is C14H11F5N2. The first kappa shape index (κ1) is 15.1. The molecule has 0 amide bonds. The standard InChI is InChI=1S/C14H11F5N2/c15-11-3-1-8(5-12(11)16)7-21-13-4-2-9(20)6-10(13)14(17,18)19/h1-6,21H,7,20H2. The average molecular weight is 302 g/mol. The Kier molecular flexibility index (Phi) is 4.02. The van der Waals surface area contributed by atoms with Crippen LogP contribution in [0.1, 0.15) is 11.1 Å². The predicted molar refractivity (Wildman–Crippen MR) is 69.5 cm³/mol. The van der Waals surface area contributed by atoms with E-state index in [0.29, 0.717) is 5.56 Å². The topological polar surface area (TPSA) is 38.0 Å². The lowest BCUT2D eigenvalue weighted by Crippen LogP contribution is -2.11. The molecule has 0 radical (unpaired) electrons. The summed E-state index contributed by atoms with van der Waals surface area (Å²) in [6, 6.07) is 6.46. The normalized spacial score (nSPS) is 11.5. The van der Waals surface area contributed by atoms with E-state index in [-0.39, 0.29) is 17.9 Å². The third-order valence-electron chi connectivity index (χ3n) is 2.82. The van der Waals surface area contributed by atoms with Crippen molar-refractivity contribution in [2.45, 2.75) is 12.7 Å². The Morgan fingerprint density at radius 3 is 2.29 bits per heavy atom. The van der Waals surface area contributed by atoms with Gasteiger partial charge in [0.2, 0.25) is 0 Å². The van der Waals surface area contributed by atoms with Gasteiger partial charge in [0.05, 0.1) is 5.56 Å². The number of anilines is 2. The molecule has 3 N–H and O–H groups in total. The fourth-order valence-electron chi connectivity index (χ4n) is 1.80. The zero-order valence-corrected chi connectivity index (χ0v) is 10.6. The molecule has 0 bridgehead atoms. The van der Waals surface area contributed by atoms with Gasteiger partial charge in [-0.2, -0.15) is 13.2 Å². The second-order valence-corrected chi connectivity index (χ2v) is 4.40. The van der Waals surface area contributed by atoms with Crippen LogP contribution in [0.4, 0.5) is 33.3 Å². The maximum Gasteiger partial charge on any atom is 0.418 e. The summed E-state index contributed by atoms with van der Waals surface area (Å²) in [5.74, 6) is -2.06. The molecule has 0 saturated carbocycles. The monoisotopic (exact) mass is 302 g/mol. The zero-order chi connectivity index (χ0) is 15.6. The zero-order valence-electron chi connectivity index (χ0n) is 10.6. The van der Waals surface area contributed by atoms with Gasteiger partial charge in [0.15, 0.2) is 11.6 Å². The third kappa shape index (κ3) is 3.62. The molecule has 0 unspecified atom stereocenters. The maximum atomic E-state index is 13.0. The molecule has 0 spiro atoms. The summed E-state index contributed by atoms with van der Waals surface area (Å²) >= 11 is 0. The summed E-state index contributed by atoms with van der Waals surface area (Å²) < 4.78 is 64.4. The maximum absolute atomic E-state index is 13.0. The van der Waals surface area contributed by atoms with Crippen LogP contribution >= 0.6 is 0 Å². The molecule has 0 aliphatic rings. The number of nitrogens with one attached hydrogen (secondary N) is 1. The van der Waals surface area contributed by atoms with Gasteiger partial charge in [0.1, 0.15) is 0 Å². The van der Waals surface area contributed by atoms with Crippen molar-refractivity contribution < 1.29 is 22.0 Å². The Bertz CT molecular complexity index is 652. The Morgan fingerprint density at radius 2 is 1.67 bits per heavy atom. The largest absolute Gasteiger partial charge is 0.418 e. The lowest BCUT2D eigenvalue weighted by molar-refractivity contribution is -0.136. The van der Waals surface area contributed by atoms with Gasteiger partial charge in [-0.15, -0.1) is 0 Å². The molecule has 0 aromatic heterocycles. The van der Waals surface area contributed by atoms with E-state index in [4.69, 9.17) is 5.73 Å². The van der Waals surface area contributed by atoms with Crippen LogP contribution in [0.5, 0.6) is 0 Å². The lowest BCUT2D eigenvalue weighted by atomic mass is 10.1. The fraction of sp³-hybridized carbons (Fsp3) is 0.143. The Morgan fingerprint density at radius 1 is 0.952 bits per heavy atom. The van der Waals surface area contributed by atoms with E-state index < -0.39 is 23.4 Å². The van der Waals surface area contributed by atoms with Crippen LogP contribution in [0.15, 0.2) is 36.4 Å². The molecule has 0 aliphatic heterocycles. The number of nitrogens with two attached hydrogens (primary N) is 1. The number of benzene rings is 2. The molecule has 2 nitrogen and oxygen atoms in total. The van der Waals surface area contributed by atoms with Crippen LogP contribution in [0, 0.1) is 11.6 Å². The molecule has 0 atom stereocenters. The summed E-state index contributed by atoms with van der Waals surface area (Å²) in [5.41, 5.74) is 4.56. The highest BCUT2D eigenvalue weighted by atomic mass is 19.4. The van der Waals surface area contributed by atoms with Gasteiger partial charge in [-0.25, -0.2) is 8.78 Å². The van der Waals surface area contributed by atoms with Gasteiger partial charge < -0.3 is 11.1 Å². The van der Waals surface area contributed by atoms with Gasteiger partial charge in [0.25, 0.3) is 0 Å². The first-order chi connectivity index (χ1) is 9.77. The van der Waals surface area contributed by atoms with E-state index in [2.05, 4.69) is 5.32 Å². The first-order valence-electron chi connectivity index (χ1n) is 5.92. The molecule has 2 rings (SSSR count). The van der Waals surface area contributed by atoms with Crippen molar-refractivity contribution in [2.75, 3.05) is 11.1 Å². The molecule has 0 aliphatic carbocycles. The fourth-order valence-corrected chi connectivity index (χ4v) is 1.80. The van der Waals surface area contributed by atoms with Crippen LogP contribution in [-0.2, 0) is 12.7 Å². The second-order valence-electron chi connectivity index (χ2n) is 4.40. The summed E-state index contributed by atoms with van der Waals surface area (Å²) in [6.07, 6.45) is -4.56. The molecule has 0 heterocycles. The minimum Gasteiger partial charge on any atom is -0.399 e. The van der Waals surface area contributed by atoms with E-state index in [1.54, 1.807) is 0 Å². The van der Waals surface area contributed by atoms with E-state index >= 15 is 0 Å². The molecule has 112 valence electrons. The van der Waals surface area contributed by atoms with Crippen LogP contribution < -0.4 is 11.1 Å². The van der Waals surface area contributed by atoms with Crippen molar-refractivity contribution in [2.24, 2.45) is 0 Å². The van der Waals surface area contributed by atoms with Crippen molar-refractivity contribution in [3.8, 4) is 0 Å². The summed E-state index contributed by atoms with van der Waals surface area (Å²) in [4.78, 5) is 0. The predicted octanol–water partition coefficient (Wildman–Crippen LogP) is 4.18. The lowest BCUT2D eigenvalue weighted by Gasteiger charge is -2.15. The second kappa shape index (κ2) is 5.59. The summed E-state index contributed by atoms with van der Waals surface area (Å²) in [7, 11) is 0. The number of halogens is 5. The van der Waals surface area contributed by atoms with Gasteiger partial charge in [-0.3, -0.25) is 0 Å². The quantitative estimate of drug-likeness (QED) is 0.659. The molecule has 2 aromatic carbocycles. The minimum absolute atomic E-state index is 0.0132. The average Bonchev–Trinajstić information content (AvgIpc) is 2.40. The smallest absolute Gasteiger partial charge is 0.399 e. The molecule has 7 heteroatoms. The first-order valence-corrected chi connectivity index (χ1v) is 5.92. The molecular weight excluding hydrogens is 291 g/mol. The Labute approximate surface area is 117 Å². The van der Waals surface area contributed by atoms with Crippen molar-refractivity contribution in [1.29, 1.82) is 0 Å². The van der Waals surface area contributed by atoms with Crippen LogP contribution in [0.25, 0.3) is 0 Å². The van der Waals surface area contributed by atoms with Gasteiger partial charge in [0, 0.05) is 17.9 Å². The summed E-state index contributed by atoms with van der Waals surface area (Å²) in [6.45, 7) is -0.0792. The number of alkyl halides is 3. The summed E-state index contributed by atoms with van der Waals surface area (Å²) in [5, 5.41) is 2.55. The van der Waals surface area contributed by atoms with Gasteiger partial charge in [-0.1, -0.05) is 6.07 Å². The van der Waals surface area contributed by atoms with Gasteiger partial charge >= 0.3 is 6.18 Å². The number of nitrogen functional groups attached to an aromatic ring is 1. The molecule has 0 saturated heterocycles. The van der Waals surface area contributed by atoms with Crippen LogP contribution in [0.2, 0.25) is 0 Å². The Hall–Kier alpha value is -2.31. The van der Waals surface area contributed by atoms with Crippen molar-refractivity contribution in [3.05, 3.63) is 59.2 Å². The Balaban J connectivity index is 2.22. The number of hydrogen-bond acceptors (Lipinski definition) is 2. The van der Waals surface area contributed by atoms with Crippen LogP contribution in [0.3, 0.4) is 0 Å². The number of rotatable bonds is 3.